The van der Waals surface area contributed by atoms with Gasteiger partial charge in [0.1, 0.15) is 0 Å². The Balaban J connectivity index is 1.23. The zero-order valence-corrected chi connectivity index (χ0v) is 27.9. The molecule has 0 saturated heterocycles. The number of ether oxygens (including phenoxy) is 2. The molecule has 0 bridgehead atoms. The molecule has 0 fully saturated rings. The number of carbonyl (C=O) groups is 1. The Labute approximate surface area is 273 Å². The molecule has 0 aliphatic heterocycles. The predicted molar refractivity (Wildman–Crippen MR) is 200 cm³/mol. The van der Waals surface area contributed by atoms with E-state index in [2.05, 4.69) is 182 Å². The Morgan fingerprint density at radius 3 is 0.739 bits per heavy atom. The van der Waals surface area contributed by atoms with Crippen LogP contribution in [0.3, 0.4) is 0 Å². The van der Waals surface area contributed by atoms with E-state index in [1.165, 1.54) is 31.8 Å². The number of hydrogen-bond donors (Lipinski definition) is 0. The van der Waals surface area contributed by atoms with Crippen LogP contribution in [0.1, 0.15) is 0 Å². The number of benzene rings is 6. The molecule has 0 unspecified atom stereocenters. The fourth-order valence-electron chi connectivity index (χ4n) is 6.82. The molecule has 0 saturated carbocycles. The van der Waals surface area contributed by atoms with Crippen molar-refractivity contribution in [3.8, 4) is 0 Å². The second kappa shape index (κ2) is 15.2. The first-order chi connectivity index (χ1) is 22.7. The minimum atomic E-state index is -2.51. The summed E-state index contributed by atoms with van der Waals surface area (Å²) in [5.74, 6) is 0. The fourth-order valence-corrected chi connectivity index (χ4v) is 15.9. The molecule has 0 spiro atoms. The minimum absolute atomic E-state index is 0.266. The Hall–Kier alpha value is -4.55. The third-order valence-corrected chi connectivity index (χ3v) is 18.8. The predicted octanol–water partition coefficient (Wildman–Crippen LogP) is 6.59. The van der Waals surface area contributed by atoms with E-state index in [9.17, 15) is 4.79 Å². The fraction of sp³-hybridized carbons (Fsp3) is 0.0976. The maximum atomic E-state index is 13.2. The normalized spacial score (nSPS) is 12.2. The van der Waals surface area contributed by atoms with Gasteiger partial charge in [-0.05, 0) is 0 Å². The van der Waals surface area contributed by atoms with Gasteiger partial charge in [-0.25, -0.2) is 0 Å². The Bertz CT molecular complexity index is 1460. The molecule has 0 radical (unpaired) electrons. The summed E-state index contributed by atoms with van der Waals surface area (Å²) in [6.07, 6.45) is 0.794. The van der Waals surface area contributed by atoms with Crippen molar-refractivity contribution < 1.29 is 14.3 Å². The Kier molecular flexibility index (Phi) is 10.4. The average molecular weight is 643 g/mol. The van der Waals surface area contributed by atoms with Crippen molar-refractivity contribution >= 4 is 52.5 Å². The molecule has 0 heterocycles. The first-order valence-electron chi connectivity index (χ1n) is 15.9. The third-order valence-electron chi connectivity index (χ3n) is 8.99. The second-order valence-corrected chi connectivity index (χ2v) is 19.5. The Morgan fingerprint density at radius 2 is 0.543 bits per heavy atom. The quantitative estimate of drug-likeness (QED) is 0.112. The maximum absolute atomic E-state index is 13.2. The van der Waals surface area contributed by atoms with Crippen LogP contribution in [0.15, 0.2) is 182 Å². The molecule has 0 atom stereocenters. The van der Waals surface area contributed by atoms with E-state index >= 15 is 0 Å². The van der Waals surface area contributed by atoms with Crippen molar-refractivity contribution in [1.82, 2.24) is 0 Å². The van der Waals surface area contributed by atoms with Gasteiger partial charge in [0.05, 0.1) is 0 Å². The second-order valence-electron chi connectivity index (χ2n) is 11.5. The van der Waals surface area contributed by atoms with Crippen LogP contribution in [0.5, 0.6) is 0 Å². The summed E-state index contributed by atoms with van der Waals surface area (Å²) in [7, 11) is -5.02. The van der Waals surface area contributed by atoms with Crippen LogP contribution in [-0.2, 0) is 9.47 Å². The summed E-state index contributed by atoms with van der Waals surface area (Å²) < 4.78 is 11.8. The molecule has 6 rings (SSSR count). The van der Waals surface area contributed by atoms with Crippen molar-refractivity contribution in [3.63, 3.8) is 0 Å². The van der Waals surface area contributed by atoms with Crippen molar-refractivity contribution in [1.29, 1.82) is 0 Å². The zero-order valence-electron chi connectivity index (χ0n) is 25.9. The van der Waals surface area contributed by atoms with Gasteiger partial charge in [0.15, 0.2) is 0 Å². The molecular weight excluding hydrogens is 602 g/mol. The van der Waals surface area contributed by atoms with Crippen molar-refractivity contribution in [3.05, 3.63) is 182 Å². The zero-order chi connectivity index (χ0) is 31.5. The van der Waals surface area contributed by atoms with E-state index in [4.69, 9.17) is 9.47 Å². The Morgan fingerprint density at radius 1 is 0.348 bits per heavy atom. The molecule has 5 heteroatoms. The van der Waals surface area contributed by atoms with Gasteiger partial charge < -0.3 is 0 Å². The van der Waals surface area contributed by atoms with E-state index in [-0.39, 0.29) is 13.2 Å². The van der Waals surface area contributed by atoms with Gasteiger partial charge in [0.25, 0.3) is 0 Å². The molecule has 0 aliphatic carbocycles. The average Bonchev–Trinajstić information content (AvgIpc) is 3.14. The van der Waals surface area contributed by atoms with Gasteiger partial charge in [-0.3, -0.25) is 0 Å². The van der Waals surface area contributed by atoms with Gasteiger partial charge in [0, 0.05) is 0 Å². The van der Waals surface area contributed by atoms with Crippen molar-refractivity contribution in [2.75, 3.05) is 25.5 Å². The van der Waals surface area contributed by atoms with Crippen LogP contribution in [0, 0.1) is 0 Å². The standard InChI is InChI=1S/C41H40O3P2/c42-41(43-31-33-45(35-19-7-1-8-20-35,36-21-9-2-10-22-36)37-23-11-3-12-24-37)44-32-34-46(38-25-13-4-14-26-38,39-27-15-5-16-28-39)40-29-17-6-18-30-40/h1-30,45-46H,31-34H2. The first kappa shape index (κ1) is 31.4. The number of carbonyl (C=O) groups excluding carboxylic acids is 1. The first-order valence-corrected chi connectivity index (χ1v) is 20.3. The number of rotatable bonds is 12. The molecule has 0 aromatic heterocycles. The molecule has 0 amide bonds. The van der Waals surface area contributed by atoms with Crippen LogP contribution < -0.4 is 31.8 Å². The summed E-state index contributed by atoms with van der Waals surface area (Å²) in [4.78, 5) is 13.2. The van der Waals surface area contributed by atoms with Crippen molar-refractivity contribution in [2.45, 2.75) is 0 Å². The summed E-state index contributed by atoms with van der Waals surface area (Å²) in [6, 6.07) is 64.0. The molecule has 6 aromatic carbocycles. The molecule has 0 aliphatic rings. The SMILES string of the molecule is O=C(OCC[PH](c1ccccc1)(c1ccccc1)c1ccccc1)OCC[PH](c1ccccc1)(c1ccccc1)c1ccccc1. The van der Waals surface area contributed by atoms with Gasteiger partial charge >= 0.3 is 274 Å². The van der Waals surface area contributed by atoms with Gasteiger partial charge in [-0.15, -0.1) is 0 Å². The van der Waals surface area contributed by atoms with Gasteiger partial charge in [0.2, 0.25) is 0 Å². The van der Waals surface area contributed by atoms with E-state index < -0.39 is 20.7 Å². The van der Waals surface area contributed by atoms with Crippen molar-refractivity contribution in [2.24, 2.45) is 0 Å². The molecule has 6 aromatic rings. The van der Waals surface area contributed by atoms with Crippen LogP contribution >= 0.6 is 14.5 Å². The van der Waals surface area contributed by atoms with Gasteiger partial charge in [-0.2, -0.15) is 0 Å². The molecular formula is C41H40O3P2. The van der Waals surface area contributed by atoms with Crippen LogP contribution in [0.2, 0.25) is 0 Å². The molecule has 46 heavy (non-hydrogen) atoms. The third kappa shape index (κ3) is 6.68. The van der Waals surface area contributed by atoms with E-state index in [0.29, 0.717) is 12.3 Å². The van der Waals surface area contributed by atoms with Crippen LogP contribution in [0.4, 0.5) is 4.79 Å². The summed E-state index contributed by atoms with van der Waals surface area (Å²) in [6.45, 7) is 0.532. The molecule has 0 N–H and O–H groups in total. The number of hydrogen-bond acceptors (Lipinski definition) is 3. The van der Waals surface area contributed by atoms with Gasteiger partial charge in [-0.1, -0.05) is 0 Å². The van der Waals surface area contributed by atoms with Crippen LogP contribution in [-0.4, -0.2) is 31.7 Å². The molecule has 3 nitrogen and oxygen atoms in total. The molecule has 232 valence electrons. The summed E-state index contributed by atoms with van der Waals surface area (Å²) in [5.41, 5.74) is 0. The summed E-state index contributed by atoms with van der Waals surface area (Å²) >= 11 is 0. The van der Waals surface area contributed by atoms with E-state index in [1.807, 2.05) is 0 Å². The monoisotopic (exact) mass is 642 g/mol. The van der Waals surface area contributed by atoms with Crippen LogP contribution in [0.25, 0.3) is 0 Å². The van der Waals surface area contributed by atoms with E-state index in [0.717, 1.165) is 0 Å². The summed E-state index contributed by atoms with van der Waals surface area (Å²) in [5, 5.41) is 7.72. The topological polar surface area (TPSA) is 35.5 Å². The van der Waals surface area contributed by atoms with E-state index in [1.54, 1.807) is 0 Å².